The quantitative estimate of drug-likeness (QED) is 0.678. The number of hydrogen-bond acceptors (Lipinski definition) is 2. The minimum Gasteiger partial charge on any atom is -0.481 e. The molecule has 1 heterocycles. The molecule has 12 heavy (non-hydrogen) atoms. The van der Waals surface area contributed by atoms with Crippen molar-refractivity contribution in [1.82, 2.24) is 4.90 Å². The van der Waals surface area contributed by atoms with Crippen molar-refractivity contribution in [3.8, 4) is 0 Å². The number of likely N-dealkylation sites (tertiary alicyclic amines) is 1. The third kappa shape index (κ3) is 1.78. The maximum atomic E-state index is 10.9. The molecule has 1 N–H and O–H groups in total. The standard InChI is InChI=1S/C9H17NO2/c1-3-10-6-4-5-9(2,7-10)8(11)12/h3-7H2,1-2H3,(H,11,12). The van der Waals surface area contributed by atoms with Gasteiger partial charge in [-0.3, -0.25) is 4.79 Å². The molecule has 3 nitrogen and oxygen atoms in total. The summed E-state index contributed by atoms with van der Waals surface area (Å²) in [6.45, 7) is 6.64. The van der Waals surface area contributed by atoms with Gasteiger partial charge in [0, 0.05) is 6.54 Å². The summed E-state index contributed by atoms with van der Waals surface area (Å²) in [4.78, 5) is 13.1. The molecule has 1 unspecified atom stereocenters. The second kappa shape index (κ2) is 3.44. The Morgan fingerprint density at radius 3 is 2.83 bits per heavy atom. The fourth-order valence-electron chi connectivity index (χ4n) is 1.79. The topological polar surface area (TPSA) is 40.5 Å². The van der Waals surface area contributed by atoms with Gasteiger partial charge in [0.05, 0.1) is 5.41 Å². The maximum Gasteiger partial charge on any atom is 0.310 e. The lowest BCUT2D eigenvalue weighted by Crippen LogP contribution is -2.45. The molecule has 0 saturated carbocycles. The first-order valence-electron chi connectivity index (χ1n) is 4.54. The van der Waals surface area contributed by atoms with Crippen molar-refractivity contribution >= 4 is 5.97 Å². The highest BCUT2D eigenvalue weighted by Gasteiger charge is 2.37. The highest BCUT2D eigenvalue weighted by atomic mass is 16.4. The van der Waals surface area contributed by atoms with Crippen LogP contribution in [0, 0.1) is 5.41 Å². The molecule has 1 aliphatic heterocycles. The van der Waals surface area contributed by atoms with Gasteiger partial charge in [0.2, 0.25) is 0 Å². The van der Waals surface area contributed by atoms with Gasteiger partial charge in [-0.05, 0) is 32.9 Å². The van der Waals surface area contributed by atoms with Crippen molar-refractivity contribution in [2.75, 3.05) is 19.6 Å². The molecular weight excluding hydrogens is 154 g/mol. The molecule has 0 aromatic rings. The normalized spacial score (nSPS) is 31.8. The largest absolute Gasteiger partial charge is 0.481 e. The van der Waals surface area contributed by atoms with E-state index in [-0.39, 0.29) is 0 Å². The van der Waals surface area contributed by atoms with Crippen LogP contribution in [0.3, 0.4) is 0 Å². The number of hydrogen-bond donors (Lipinski definition) is 1. The zero-order valence-electron chi connectivity index (χ0n) is 7.84. The zero-order valence-corrected chi connectivity index (χ0v) is 7.84. The summed E-state index contributed by atoms with van der Waals surface area (Å²) in [5.41, 5.74) is -0.506. The van der Waals surface area contributed by atoms with Gasteiger partial charge in [0.25, 0.3) is 0 Å². The average molecular weight is 171 g/mol. The van der Waals surface area contributed by atoms with Crippen LogP contribution in [0.5, 0.6) is 0 Å². The summed E-state index contributed by atoms with van der Waals surface area (Å²) in [5, 5.41) is 8.98. The van der Waals surface area contributed by atoms with Gasteiger partial charge in [0.1, 0.15) is 0 Å². The molecule has 1 rings (SSSR count). The highest BCUT2D eigenvalue weighted by Crippen LogP contribution is 2.29. The van der Waals surface area contributed by atoms with E-state index in [9.17, 15) is 4.79 Å². The van der Waals surface area contributed by atoms with E-state index in [0.717, 1.165) is 25.9 Å². The van der Waals surface area contributed by atoms with Gasteiger partial charge in [-0.25, -0.2) is 0 Å². The third-order valence-corrected chi connectivity index (χ3v) is 2.74. The van der Waals surface area contributed by atoms with Gasteiger partial charge in [-0.1, -0.05) is 6.92 Å². The fourth-order valence-corrected chi connectivity index (χ4v) is 1.79. The van der Waals surface area contributed by atoms with Gasteiger partial charge < -0.3 is 10.0 Å². The van der Waals surface area contributed by atoms with Gasteiger partial charge in [0.15, 0.2) is 0 Å². The molecule has 3 heteroatoms. The van der Waals surface area contributed by atoms with Crippen LogP contribution in [-0.2, 0) is 4.79 Å². The van der Waals surface area contributed by atoms with Crippen molar-refractivity contribution in [2.24, 2.45) is 5.41 Å². The number of carboxylic acid groups (broad SMARTS) is 1. The number of carboxylic acids is 1. The zero-order chi connectivity index (χ0) is 9.19. The molecule has 0 aromatic carbocycles. The van der Waals surface area contributed by atoms with E-state index >= 15 is 0 Å². The first-order valence-corrected chi connectivity index (χ1v) is 4.54. The van der Waals surface area contributed by atoms with Crippen LogP contribution >= 0.6 is 0 Å². The smallest absolute Gasteiger partial charge is 0.310 e. The molecule has 1 fully saturated rings. The average Bonchev–Trinajstić information content (AvgIpc) is 2.04. The number of aliphatic carboxylic acids is 1. The van der Waals surface area contributed by atoms with Crippen LogP contribution in [0.4, 0.5) is 0 Å². The second-order valence-electron chi connectivity index (χ2n) is 3.84. The lowest BCUT2D eigenvalue weighted by atomic mass is 9.82. The molecular formula is C9H17NO2. The van der Waals surface area contributed by atoms with Crippen LogP contribution in [-0.4, -0.2) is 35.6 Å². The van der Waals surface area contributed by atoms with E-state index in [4.69, 9.17) is 5.11 Å². The molecule has 0 bridgehead atoms. The van der Waals surface area contributed by atoms with Crippen LogP contribution in [0.25, 0.3) is 0 Å². The lowest BCUT2D eigenvalue weighted by Gasteiger charge is -2.36. The molecule has 0 aromatic heterocycles. The maximum absolute atomic E-state index is 10.9. The van der Waals surface area contributed by atoms with Crippen molar-refractivity contribution < 1.29 is 9.90 Å². The summed E-state index contributed by atoms with van der Waals surface area (Å²) in [5.74, 6) is -0.652. The lowest BCUT2D eigenvalue weighted by molar-refractivity contribution is -0.151. The number of rotatable bonds is 2. The molecule has 0 spiro atoms. The van der Waals surface area contributed by atoms with Crippen molar-refractivity contribution in [3.05, 3.63) is 0 Å². The monoisotopic (exact) mass is 171 g/mol. The number of piperidine rings is 1. The fraction of sp³-hybridized carbons (Fsp3) is 0.889. The Bertz CT molecular complexity index is 181. The predicted molar refractivity (Wildman–Crippen MR) is 47.1 cm³/mol. The Hall–Kier alpha value is -0.570. The Morgan fingerprint density at radius 1 is 1.67 bits per heavy atom. The summed E-state index contributed by atoms with van der Waals surface area (Å²) >= 11 is 0. The Balaban J connectivity index is 2.61. The minimum absolute atomic E-state index is 0.506. The summed E-state index contributed by atoms with van der Waals surface area (Å²) < 4.78 is 0. The molecule has 1 saturated heterocycles. The van der Waals surface area contributed by atoms with Crippen LogP contribution in [0.15, 0.2) is 0 Å². The Morgan fingerprint density at radius 2 is 2.33 bits per heavy atom. The Kier molecular flexibility index (Phi) is 2.73. The van der Waals surface area contributed by atoms with Crippen molar-refractivity contribution in [3.63, 3.8) is 0 Å². The third-order valence-electron chi connectivity index (χ3n) is 2.74. The van der Waals surface area contributed by atoms with Crippen LogP contribution < -0.4 is 0 Å². The van der Waals surface area contributed by atoms with E-state index in [1.807, 2.05) is 6.92 Å². The summed E-state index contributed by atoms with van der Waals surface area (Å²) in [6, 6.07) is 0. The highest BCUT2D eigenvalue weighted by molar-refractivity contribution is 5.74. The van der Waals surface area contributed by atoms with Crippen molar-refractivity contribution in [2.45, 2.75) is 26.7 Å². The van der Waals surface area contributed by atoms with Gasteiger partial charge >= 0.3 is 5.97 Å². The van der Waals surface area contributed by atoms with Gasteiger partial charge in [-0.2, -0.15) is 0 Å². The van der Waals surface area contributed by atoms with E-state index in [2.05, 4.69) is 11.8 Å². The van der Waals surface area contributed by atoms with Crippen molar-refractivity contribution in [1.29, 1.82) is 0 Å². The first-order chi connectivity index (χ1) is 5.58. The van der Waals surface area contributed by atoms with Gasteiger partial charge in [-0.15, -0.1) is 0 Å². The summed E-state index contributed by atoms with van der Waals surface area (Å²) in [7, 11) is 0. The predicted octanol–water partition coefficient (Wildman–Crippen LogP) is 1.19. The first kappa shape index (κ1) is 9.52. The van der Waals surface area contributed by atoms with Crippen LogP contribution in [0.2, 0.25) is 0 Å². The molecule has 1 atom stereocenters. The van der Waals surface area contributed by atoms with E-state index < -0.39 is 11.4 Å². The Labute approximate surface area is 73.4 Å². The SMILES string of the molecule is CCN1CCCC(C)(C(=O)O)C1. The number of nitrogens with zero attached hydrogens (tertiary/aromatic N) is 1. The molecule has 0 radical (unpaired) electrons. The van der Waals surface area contributed by atoms with Crippen LogP contribution in [0.1, 0.15) is 26.7 Å². The van der Waals surface area contributed by atoms with E-state index in [1.165, 1.54) is 0 Å². The molecule has 1 aliphatic rings. The number of carbonyl (C=O) groups is 1. The minimum atomic E-state index is -0.652. The second-order valence-corrected chi connectivity index (χ2v) is 3.84. The van der Waals surface area contributed by atoms with E-state index in [0.29, 0.717) is 6.54 Å². The molecule has 70 valence electrons. The molecule has 0 aliphatic carbocycles. The molecule has 0 amide bonds. The van der Waals surface area contributed by atoms with E-state index in [1.54, 1.807) is 0 Å². The summed E-state index contributed by atoms with van der Waals surface area (Å²) in [6.07, 6.45) is 1.83.